The lowest BCUT2D eigenvalue weighted by atomic mass is 9.93. The standard InChI is InChI=1S/C15H28N4O4S.ClH/c1-16-6-2-12-3-7-19(8-4-12)10-14(20)18-15(21)17-13-5-9-24(22,23)11-13;/h12-13,16H,2-11H2,1H3,(H2,17,18,20,21);1H. The third kappa shape index (κ3) is 7.89. The lowest BCUT2D eigenvalue weighted by Crippen LogP contribution is -2.48. The van der Waals surface area contributed by atoms with Crippen LogP contribution in [0.15, 0.2) is 0 Å². The van der Waals surface area contributed by atoms with Gasteiger partial charge in [0.05, 0.1) is 18.1 Å². The highest BCUT2D eigenvalue weighted by Gasteiger charge is 2.29. The van der Waals surface area contributed by atoms with Crippen molar-refractivity contribution in [2.75, 3.05) is 44.7 Å². The molecule has 2 heterocycles. The number of carbonyl (C=O) groups is 2. The van der Waals surface area contributed by atoms with Crippen molar-refractivity contribution in [3.8, 4) is 0 Å². The Hall–Kier alpha value is -0.900. The van der Waals surface area contributed by atoms with Crippen LogP contribution in [0.3, 0.4) is 0 Å². The van der Waals surface area contributed by atoms with Crippen molar-refractivity contribution < 1.29 is 18.0 Å². The number of imide groups is 1. The molecule has 146 valence electrons. The second-order valence-corrected chi connectivity index (χ2v) is 8.96. The van der Waals surface area contributed by atoms with Gasteiger partial charge in [-0.2, -0.15) is 0 Å². The number of rotatable bonds is 6. The highest BCUT2D eigenvalue weighted by molar-refractivity contribution is 7.91. The zero-order valence-corrected chi connectivity index (χ0v) is 16.3. The van der Waals surface area contributed by atoms with E-state index < -0.39 is 21.9 Å². The molecule has 2 saturated heterocycles. The molecule has 3 amide bonds. The maximum atomic E-state index is 11.9. The molecule has 10 heteroatoms. The highest BCUT2D eigenvalue weighted by atomic mass is 35.5. The predicted octanol–water partition coefficient (Wildman–Crippen LogP) is -0.257. The molecular weight excluding hydrogens is 368 g/mol. The average molecular weight is 397 g/mol. The number of hydrogen-bond donors (Lipinski definition) is 3. The van der Waals surface area contributed by atoms with Gasteiger partial charge in [0.1, 0.15) is 0 Å². The van der Waals surface area contributed by atoms with E-state index in [9.17, 15) is 18.0 Å². The maximum Gasteiger partial charge on any atom is 0.321 e. The van der Waals surface area contributed by atoms with Crippen molar-refractivity contribution in [3.05, 3.63) is 0 Å². The van der Waals surface area contributed by atoms with Crippen LogP contribution in [0.25, 0.3) is 0 Å². The van der Waals surface area contributed by atoms with Crippen LogP contribution >= 0.6 is 12.4 Å². The minimum atomic E-state index is -3.04. The van der Waals surface area contributed by atoms with Crippen LogP contribution in [0.4, 0.5) is 4.79 Å². The van der Waals surface area contributed by atoms with E-state index >= 15 is 0 Å². The van der Waals surface area contributed by atoms with E-state index in [0.29, 0.717) is 12.3 Å². The number of sulfone groups is 1. The van der Waals surface area contributed by atoms with E-state index in [1.54, 1.807) is 0 Å². The normalized spacial score (nSPS) is 23.6. The van der Waals surface area contributed by atoms with E-state index in [-0.39, 0.29) is 36.4 Å². The number of nitrogens with one attached hydrogen (secondary N) is 3. The molecule has 0 spiro atoms. The first-order valence-corrected chi connectivity index (χ1v) is 10.4. The molecular formula is C15H29ClN4O4S. The van der Waals surface area contributed by atoms with Gasteiger partial charge in [0, 0.05) is 6.04 Å². The van der Waals surface area contributed by atoms with Crippen molar-refractivity contribution in [2.24, 2.45) is 5.92 Å². The van der Waals surface area contributed by atoms with E-state index in [0.717, 1.165) is 38.9 Å². The van der Waals surface area contributed by atoms with Gasteiger partial charge in [-0.25, -0.2) is 13.2 Å². The topological polar surface area (TPSA) is 108 Å². The number of carbonyl (C=O) groups excluding carboxylic acids is 2. The van der Waals surface area contributed by atoms with Crippen LogP contribution in [0.5, 0.6) is 0 Å². The van der Waals surface area contributed by atoms with Gasteiger partial charge in [0.15, 0.2) is 9.84 Å². The third-order valence-electron chi connectivity index (χ3n) is 4.70. The summed E-state index contributed by atoms with van der Waals surface area (Å²) < 4.78 is 22.7. The molecule has 1 unspecified atom stereocenters. The number of piperidine rings is 1. The fourth-order valence-electron chi connectivity index (χ4n) is 3.28. The average Bonchev–Trinajstić information content (AvgIpc) is 2.85. The summed E-state index contributed by atoms with van der Waals surface area (Å²) in [4.78, 5) is 25.8. The summed E-state index contributed by atoms with van der Waals surface area (Å²) in [6, 6.07) is -1.00. The summed E-state index contributed by atoms with van der Waals surface area (Å²) in [6.45, 7) is 2.95. The summed E-state index contributed by atoms with van der Waals surface area (Å²) in [5.41, 5.74) is 0. The lowest BCUT2D eigenvalue weighted by Gasteiger charge is -2.31. The molecule has 8 nitrogen and oxygen atoms in total. The molecule has 0 bridgehead atoms. The van der Waals surface area contributed by atoms with Gasteiger partial charge in [0.2, 0.25) is 5.91 Å². The Balaban J connectivity index is 0.00000312. The van der Waals surface area contributed by atoms with Crippen molar-refractivity contribution in [1.82, 2.24) is 20.9 Å². The zero-order valence-electron chi connectivity index (χ0n) is 14.6. The van der Waals surface area contributed by atoms with Gasteiger partial charge >= 0.3 is 6.03 Å². The van der Waals surface area contributed by atoms with Gasteiger partial charge in [-0.3, -0.25) is 15.0 Å². The number of halogens is 1. The quantitative estimate of drug-likeness (QED) is 0.571. The second-order valence-electron chi connectivity index (χ2n) is 6.73. The van der Waals surface area contributed by atoms with E-state index in [1.807, 2.05) is 7.05 Å². The Morgan fingerprint density at radius 1 is 1.16 bits per heavy atom. The molecule has 0 aromatic rings. The van der Waals surface area contributed by atoms with Crippen LogP contribution < -0.4 is 16.0 Å². The summed E-state index contributed by atoms with van der Waals surface area (Å²) in [5.74, 6) is 0.398. The van der Waals surface area contributed by atoms with Crippen LogP contribution in [0.2, 0.25) is 0 Å². The first kappa shape index (κ1) is 22.1. The molecule has 2 fully saturated rings. The lowest BCUT2D eigenvalue weighted by molar-refractivity contribution is -0.121. The molecule has 2 rings (SSSR count). The van der Waals surface area contributed by atoms with Crippen molar-refractivity contribution in [3.63, 3.8) is 0 Å². The van der Waals surface area contributed by atoms with E-state index in [2.05, 4.69) is 20.9 Å². The molecule has 1 atom stereocenters. The number of nitrogens with zero attached hydrogens (tertiary/aromatic N) is 1. The van der Waals surface area contributed by atoms with Gasteiger partial charge < -0.3 is 10.6 Å². The number of likely N-dealkylation sites (tertiary alicyclic amines) is 1. The van der Waals surface area contributed by atoms with Crippen LogP contribution in [0, 0.1) is 5.92 Å². The molecule has 0 aliphatic carbocycles. The molecule has 0 saturated carbocycles. The number of urea groups is 1. The first-order chi connectivity index (χ1) is 11.4. The van der Waals surface area contributed by atoms with Crippen LogP contribution in [-0.4, -0.2) is 76.0 Å². The largest absolute Gasteiger partial charge is 0.334 e. The Morgan fingerprint density at radius 2 is 1.84 bits per heavy atom. The van der Waals surface area contributed by atoms with Crippen molar-refractivity contribution >= 4 is 34.2 Å². The predicted molar refractivity (Wildman–Crippen MR) is 98.7 cm³/mol. The Bertz CT molecular complexity index is 550. The summed E-state index contributed by atoms with van der Waals surface area (Å²) in [6.07, 6.45) is 3.70. The molecule has 0 aromatic carbocycles. The van der Waals surface area contributed by atoms with Crippen molar-refractivity contribution in [1.29, 1.82) is 0 Å². The van der Waals surface area contributed by atoms with Gasteiger partial charge in [0.25, 0.3) is 0 Å². The highest BCUT2D eigenvalue weighted by Crippen LogP contribution is 2.19. The van der Waals surface area contributed by atoms with Crippen molar-refractivity contribution in [2.45, 2.75) is 31.7 Å². The molecule has 0 aromatic heterocycles. The first-order valence-electron chi connectivity index (χ1n) is 8.55. The minimum absolute atomic E-state index is 0. The van der Waals surface area contributed by atoms with Crippen LogP contribution in [0.1, 0.15) is 25.7 Å². The molecule has 2 aliphatic heterocycles. The summed E-state index contributed by atoms with van der Waals surface area (Å²) in [5, 5.41) is 8.00. The third-order valence-corrected chi connectivity index (χ3v) is 6.47. The number of hydrogen-bond acceptors (Lipinski definition) is 6. The fourth-order valence-corrected chi connectivity index (χ4v) is 4.95. The monoisotopic (exact) mass is 396 g/mol. The Morgan fingerprint density at radius 3 is 2.40 bits per heavy atom. The van der Waals surface area contributed by atoms with Gasteiger partial charge in [-0.1, -0.05) is 0 Å². The Labute approximate surface area is 155 Å². The SMILES string of the molecule is CNCCC1CCN(CC(=O)NC(=O)NC2CCS(=O)(=O)C2)CC1.Cl. The summed E-state index contributed by atoms with van der Waals surface area (Å²) >= 11 is 0. The minimum Gasteiger partial charge on any atom is -0.334 e. The molecule has 25 heavy (non-hydrogen) atoms. The molecule has 0 radical (unpaired) electrons. The van der Waals surface area contributed by atoms with E-state index in [4.69, 9.17) is 0 Å². The zero-order chi connectivity index (χ0) is 17.6. The van der Waals surface area contributed by atoms with Crippen LogP contribution in [-0.2, 0) is 14.6 Å². The summed E-state index contributed by atoms with van der Waals surface area (Å²) in [7, 11) is -1.09. The number of amides is 3. The smallest absolute Gasteiger partial charge is 0.321 e. The maximum absolute atomic E-state index is 11.9. The molecule has 3 N–H and O–H groups in total. The van der Waals surface area contributed by atoms with E-state index in [1.165, 1.54) is 0 Å². The second kappa shape index (κ2) is 10.3. The Kier molecular flexibility index (Phi) is 9.12. The fraction of sp³-hybridized carbons (Fsp3) is 0.867. The van der Waals surface area contributed by atoms with Gasteiger partial charge in [-0.15, -0.1) is 12.4 Å². The molecule has 2 aliphatic rings. The van der Waals surface area contributed by atoms with Gasteiger partial charge in [-0.05, 0) is 58.3 Å².